The minimum absolute atomic E-state index is 0.0262. The fourth-order valence-corrected chi connectivity index (χ4v) is 4.16. The van der Waals surface area contributed by atoms with Crippen LogP contribution in [0.3, 0.4) is 0 Å². The highest BCUT2D eigenvalue weighted by Gasteiger charge is 2.19. The maximum atomic E-state index is 12.1. The molecule has 1 aromatic carbocycles. The summed E-state index contributed by atoms with van der Waals surface area (Å²) >= 11 is 2.93. The number of nitrogens with one attached hydrogen (secondary N) is 1. The number of carbonyl (C=O) groups is 3. The number of aromatic nitrogens is 1. The van der Waals surface area contributed by atoms with Crippen LogP contribution >= 0.6 is 22.7 Å². The van der Waals surface area contributed by atoms with Gasteiger partial charge in [0.1, 0.15) is 5.01 Å². The molecule has 0 spiro atoms. The molecule has 2 aromatic heterocycles. The Morgan fingerprint density at radius 1 is 1.11 bits per heavy atom. The van der Waals surface area contributed by atoms with Gasteiger partial charge in [0, 0.05) is 10.4 Å². The van der Waals surface area contributed by atoms with Gasteiger partial charge in [0.25, 0.3) is 5.91 Å². The van der Waals surface area contributed by atoms with Crippen molar-refractivity contribution in [1.82, 2.24) is 10.3 Å². The van der Waals surface area contributed by atoms with Gasteiger partial charge in [-0.3, -0.25) is 14.9 Å². The summed E-state index contributed by atoms with van der Waals surface area (Å²) in [4.78, 5) is 40.5. The highest BCUT2D eigenvalue weighted by Crippen LogP contribution is 2.36. The van der Waals surface area contributed by atoms with Gasteiger partial charge in [-0.05, 0) is 11.4 Å². The van der Waals surface area contributed by atoms with Crippen LogP contribution in [0.15, 0.2) is 47.8 Å². The average molecular weight is 401 g/mol. The third kappa shape index (κ3) is 4.99. The predicted octanol–water partition coefficient (Wildman–Crippen LogP) is 2.82. The van der Waals surface area contributed by atoms with Crippen LogP contribution in [0.1, 0.15) is 4.88 Å². The normalized spacial score (nSPS) is 10.4. The van der Waals surface area contributed by atoms with Crippen LogP contribution in [0.2, 0.25) is 0 Å². The van der Waals surface area contributed by atoms with Gasteiger partial charge in [-0.2, -0.15) is 0 Å². The summed E-state index contributed by atoms with van der Waals surface area (Å²) in [6, 6.07) is 12.5. The molecule has 0 saturated heterocycles. The molecule has 27 heavy (non-hydrogen) atoms. The maximum Gasteiger partial charge on any atom is 0.318 e. The van der Waals surface area contributed by atoms with Crippen LogP contribution in [-0.2, 0) is 20.7 Å². The van der Waals surface area contributed by atoms with E-state index < -0.39 is 24.5 Å². The zero-order chi connectivity index (χ0) is 19.2. The number of primary amides is 1. The molecule has 0 saturated carbocycles. The molecule has 0 fully saturated rings. The minimum atomic E-state index is -0.994. The number of hydrogen-bond donors (Lipinski definition) is 2. The lowest BCUT2D eigenvalue weighted by molar-refractivity contribution is -0.147. The van der Waals surface area contributed by atoms with E-state index >= 15 is 0 Å². The Morgan fingerprint density at radius 2 is 1.89 bits per heavy atom. The minimum Gasteiger partial charge on any atom is -0.455 e. The number of urea groups is 1. The van der Waals surface area contributed by atoms with E-state index in [0.29, 0.717) is 0 Å². The third-order valence-corrected chi connectivity index (χ3v) is 5.39. The zero-order valence-corrected chi connectivity index (χ0v) is 15.6. The second-order valence-electron chi connectivity index (χ2n) is 5.38. The molecular weight excluding hydrogens is 386 g/mol. The number of nitrogens with two attached hydrogens (primary N) is 1. The van der Waals surface area contributed by atoms with Gasteiger partial charge in [-0.15, -0.1) is 22.7 Å². The predicted molar refractivity (Wildman–Crippen MR) is 103 cm³/mol. The second-order valence-corrected chi connectivity index (χ2v) is 7.42. The first-order valence-electron chi connectivity index (χ1n) is 7.87. The molecule has 0 bridgehead atoms. The molecule has 0 aliphatic carbocycles. The molecule has 7 nitrogen and oxygen atoms in total. The largest absolute Gasteiger partial charge is 0.455 e. The van der Waals surface area contributed by atoms with E-state index in [4.69, 9.17) is 15.5 Å². The Bertz CT molecular complexity index is 952. The summed E-state index contributed by atoms with van der Waals surface area (Å²) in [5.74, 6) is -1.36. The van der Waals surface area contributed by atoms with Crippen LogP contribution in [-0.4, -0.2) is 29.5 Å². The molecule has 3 aromatic rings. The number of imide groups is 1. The molecule has 0 aliphatic heterocycles. The van der Waals surface area contributed by atoms with Crippen molar-refractivity contribution in [1.29, 1.82) is 0 Å². The molecule has 138 valence electrons. The molecular formula is C18H15N3O4S2. The van der Waals surface area contributed by atoms with Crippen LogP contribution in [0, 0.1) is 0 Å². The summed E-state index contributed by atoms with van der Waals surface area (Å²) in [7, 11) is 0. The number of thiophene rings is 1. The number of benzene rings is 1. The molecule has 3 amide bonds. The lowest BCUT2D eigenvalue weighted by atomic mass is 10.2. The smallest absolute Gasteiger partial charge is 0.318 e. The maximum absolute atomic E-state index is 12.1. The van der Waals surface area contributed by atoms with Gasteiger partial charge in [0.2, 0.25) is 0 Å². The number of thiazole rings is 1. The van der Waals surface area contributed by atoms with Crippen molar-refractivity contribution >= 4 is 40.6 Å². The monoisotopic (exact) mass is 401 g/mol. The summed E-state index contributed by atoms with van der Waals surface area (Å²) in [6.07, 6.45) is -0.0262. The van der Waals surface area contributed by atoms with Gasteiger partial charge in [0.05, 0.1) is 17.0 Å². The Labute approximate surface area is 162 Å². The van der Waals surface area contributed by atoms with Crippen molar-refractivity contribution in [2.75, 3.05) is 6.61 Å². The number of nitrogens with zero attached hydrogens (tertiary/aromatic N) is 1. The first-order valence-corrected chi connectivity index (χ1v) is 9.56. The van der Waals surface area contributed by atoms with Crippen molar-refractivity contribution in [3.8, 4) is 21.1 Å². The highest BCUT2D eigenvalue weighted by molar-refractivity contribution is 7.17. The topological polar surface area (TPSA) is 111 Å². The van der Waals surface area contributed by atoms with Crippen molar-refractivity contribution in [2.45, 2.75) is 6.42 Å². The lowest BCUT2D eigenvalue weighted by Crippen LogP contribution is -2.37. The van der Waals surface area contributed by atoms with E-state index in [1.807, 2.05) is 53.2 Å². The standard InChI is InChI=1S/C18H15N3O4S2/c19-18(24)20-14(22)10-25-15(23)9-13-16(12-7-4-8-26-12)21-17(27-13)11-5-2-1-3-6-11/h1-8H,9-10H2,(H3,19,20,22,24). The molecule has 3 rings (SSSR count). The number of hydrogen-bond acceptors (Lipinski definition) is 7. The van der Waals surface area contributed by atoms with E-state index in [1.165, 1.54) is 22.7 Å². The number of esters is 1. The Hall–Kier alpha value is -3.04. The van der Waals surface area contributed by atoms with E-state index in [-0.39, 0.29) is 6.42 Å². The van der Waals surface area contributed by atoms with E-state index in [9.17, 15) is 14.4 Å². The number of ether oxygens (including phenoxy) is 1. The van der Waals surface area contributed by atoms with E-state index in [2.05, 4.69) is 0 Å². The van der Waals surface area contributed by atoms with Crippen molar-refractivity contribution < 1.29 is 19.1 Å². The van der Waals surface area contributed by atoms with Crippen LogP contribution in [0.25, 0.3) is 21.1 Å². The zero-order valence-electron chi connectivity index (χ0n) is 14.0. The summed E-state index contributed by atoms with van der Waals surface area (Å²) in [5.41, 5.74) is 6.53. The van der Waals surface area contributed by atoms with Gasteiger partial charge in [0.15, 0.2) is 6.61 Å². The second kappa shape index (κ2) is 8.56. The molecule has 0 unspecified atom stereocenters. The van der Waals surface area contributed by atoms with Gasteiger partial charge >= 0.3 is 12.0 Å². The molecule has 2 heterocycles. The Morgan fingerprint density at radius 3 is 2.56 bits per heavy atom. The average Bonchev–Trinajstić information content (AvgIpc) is 3.30. The molecule has 0 atom stereocenters. The van der Waals surface area contributed by atoms with Crippen molar-refractivity contribution in [3.63, 3.8) is 0 Å². The van der Waals surface area contributed by atoms with Crippen LogP contribution in [0.4, 0.5) is 4.79 Å². The van der Waals surface area contributed by atoms with Crippen LogP contribution in [0.5, 0.6) is 0 Å². The van der Waals surface area contributed by atoms with E-state index in [0.717, 1.165) is 26.0 Å². The summed E-state index contributed by atoms with van der Waals surface area (Å²) in [6.45, 7) is -0.569. The first kappa shape index (κ1) is 18.7. The highest BCUT2D eigenvalue weighted by atomic mass is 32.1. The molecule has 3 N–H and O–H groups in total. The number of carbonyl (C=O) groups excluding carboxylic acids is 3. The van der Waals surface area contributed by atoms with Gasteiger partial charge < -0.3 is 10.5 Å². The van der Waals surface area contributed by atoms with Crippen molar-refractivity contribution in [2.24, 2.45) is 5.73 Å². The fourth-order valence-electron chi connectivity index (χ4n) is 2.28. The Kier molecular flexibility index (Phi) is 5.94. The van der Waals surface area contributed by atoms with Crippen molar-refractivity contribution in [3.05, 3.63) is 52.7 Å². The van der Waals surface area contributed by atoms with Gasteiger partial charge in [-0.25, -0.2) is 9.78 Å². The third-order valence-electron chi connectivity index (χ3n) is 3.40. The number of amides is 3. The Balaban J connectivity index is 1.77. The molecule has 0 radical (unpaired) electrons. The number of rotatable bonds is 6. The first-order chi connectivity index (χ1) is 13.0. The fraction of sp³-hybridized carbons (Fsp3) is 0.111. The van der Waals surface area contributed by atoms with E-state index in [1.54, 1.807) is 0 Å². The summed E-state index contributed by atoms with van der Waals surface area (Å²) < 4.78 is 4.92. The van der Waals surface area contributed by atoms with Crippen LogP contribution < -0.4 is 11.1 Å². The molecule has 9 heteroatoms. The molecule has 0 aliphatic rings. The quantitative estimate of drug-likeness (QED) is 0.617. The summed E-state index contributed by atoms with van der Waals surface area (Å²) in [5, 5.41) is 4.57. The SMILES string of the molecule is NC(=O)NC(=O)COC(=O)Cc1sc(-c2ccccc2)nc1-c1cccs1. The lowest BCUT2D eigenvalue weighted by Gasteiger charge is -2.04. The van der Waals surface area contributed by atoms with Gasteiger partial charge in [-0.1, -0.05) is 36.4 Å².